The number of hydrogen-bond acceptors (Lipinski definition) is 3. The summed E-state index contributed by atoms with van der Waals surface area (Å²) in [7, 11) is 0. The molecule has 2 aliphatic heterocycles. The fourth-order valence-electron chi connectivity index (χ4n) is 3.52. The molecule has 0 aromatic rings. The van der Waals surface area contributed by atoms with Gasteiger partial charge in [0.2, 0.25) is 0 Å². The molecule has 5 nitrogen and oxygen atoms in total. The Hall–Kier alpha value is -0.810. The van der Waals surface area contributed by atoms with Gasteiger partial charge in [-0.25, -0.2) is 4.79 Å². The van der Waals surface area contributed by atoms with E-state index in [-0.39, 0.29) is 12.1 Å². The van der Waals surface area contributed by atoms with Gasteiger partial charge in [-0.15, -0.1) is 0 Å². The van der Waals surface area contributed by atoms with Crippen LogP contribution in [-0.4, -0.2) is 44.5 Å². The summed E-state index contributed by atoms with van der Waals surface area (Å²) in [5, 5.41) is 6.08. The van der Waals surface area contributed by atoms with Gasteiger partial charge in [0, 0.05) is 32.4 Å². The van der Waals surface area contributed by atoms with Crippen LogP contribution < -0.4 is 10.6 Å². The van der Waals surface area contributed by atoms with Gasteiger partial charge in [0.15, 0.2) is 0 Å². The molecule has 3 rings (SSSR count). The number of rotatable bonds is 3. The molecule has 0 aromatic heterocycles. The molecule has 3 aliphatic rings. The second kappa shape index (κ2) is 5.67. The molecule has 0 bridgehead atoms. The summed E-state index contributed by atoms with van der Waals surface area (Å²) in [5.41, 5.74) is 0.319. The first-order valence-corrected chi connectivity index (χ1v) is 7.52. The molecule has 1 spiro atoms. The topological polar surface area (TPSA) is 59.6 Å². The number of carbonyl (C=O) groups excluding carboxylic acids is 1. The van der Waals surface area contributed by atoms with Gasteiger partial charge in [-0.2, -0.15) is 0 Å². The van der Waals surface area contributed by atoms with Crippen molar-refractivity contribution in [3.63, 3.8) is 0 Å². The minimum atomic E-state index is -0.0360. The van der Waals surface area contributed by atoms with Crippen LogP contribution in [0.4, 0.5) is 4.79 Å². The summed E-state index contributed by atoms with van der Waals surface area (Å²) in [6.07, 6.45) is 6.89. The Balaban J connectivity index is 1.41. The Morgan fingerprint density at radius 1 is 1.16 bits per heavy atom. The van der Waals surface area contributed by atoms with Crippen LogP contribution >= 0.6 is 0 Å². The van der Waals surface area contributed by atoms with Crippen molar-refractivity contribution in [1.29, 1.82) is 0 Å². The molecule has 2 saturated heterocycles. The van der Waals surface area contributed by atoms with Gasteiger partial charge in [0.05, 0.1) is 6.10 Å². The van der Waals surface area contributed by atoms with Gasteiger partial charge in [-0.1, -0.05) is 0 Å². The summed E-state index contributed by atoms with van der Waals surface area (Å²) in [5.74, 6) is 0. The highest BCUT2D eigenvalue weighted by Gasteiger charge is 2.47. The average Bonchev–Trinajstić information content (AvgIpc) is 2.95. The molecule has 1 saturated carbocycles. The molecule has 5 heteroatoms. The maximum atomic E-state index is 11.9. The third-order valence-corrected chi connectivity index (χ3v) is 4.98. The monoisotopic (exact) mass is 268 g/mol. The molecule has 3 fully saturated rings. The van der Waals surface area contributed by atoms with Gasteiger partial charge in [0.25, 0.3) is 0 Å². The van der Waals surface area contributed by atoms with Gasteiger partial charge < -0.3 is 20.1 Å². The highest BCUT2D eigenvalue weighted by molar-refractivity contribution is 5.74. The lowest BCUT2D eigenvalue weighted by atomic mass is 9.60. The van der Waals surface area contributed by atoms with Gasteiger partial charge in [-0.3, -0.25) is 0 Å². The smallest absolute Gasteiger partial charge is 0.315 e. The number of urea groups is 1. The van der Waals surface area contributed by atoms with E-state index in [1.807, 2.05) is 0 Å². The predicted molar refractivity (Wildman–Crippen MR) is 71.0 cm³/mol. The standard InChI is InChI=1S/C14H24N2O3/c17-13(15-10-11-2-1-7-19-11)16-12-3-4-14(12)5-8-18-9-6-14/h11-12H,1-10H2,(H2,15,16,17). The minimum absolute atomic E-state index is 0.0360. The Bertz CT molecular complexity index is 323. The van der Waals surface area contributed by atoms with E-state index in [0.717, 1.165) is 51.9 Å². The number of nitrogens with one attached hydrogen (secondary N) is 2. The normalized spacial score (nSPS) is 32.8. The zero-order valence-corrected chi connectivity index (χ0v) is 11.5. The summed E-state index contributed by atoms with van der Waals surface area (Å²) < 4.78 is 10.9. The Labute approximate surface area is 114 Å². The lowest BCUT2D eigenvalue weighted by Gasteiger charge is -2.52. The summed E-state index contributed by atoms with van der Waals surface area (Å²) in [6.45, 7) is 3.15. The maximum Gasteiger partial charge on any atom is 0.315 e. The number of carbonyl (C=O) groups is 1. The zero-order valence-electron chi connectivity index (χ0n) is 11.5. The first-order valence-electron chi connectivity index (χ1n) is 7.52. The molecule has 2 heterocycles. The van der Waals surface area contributed by atoms with Gasteiger partial charge in [0.1, 0.15) is 0 Å². The van der Waals surface area contributed by atoms with Crippen LogP contribution in [0.15, 0.2) is 0 Å². The van der Waals surface area contributed by atoms with E-state index < -0.39 is 0 Å². The van der Waals surface area contributed by atoms with Crippen molar-refractivity contribution in [2.45, 2.75) is 50.7 Å². The highest BCUT2D eigenvalue weighted by Crippen LogP contribution is 2.48. The lowest BCUT2D eigenvalue weighted by Crippen LogP contribution is -2.59. The number of amides is 2. The molecular weight excluding hydrogens is 244 g/mol. The Kier molecular flexibility index (Phi) is 3.93. The van der Waals surface area contributed by atoms with Crippen molar-refractivity contribution in [3.8, 4) is 0 Å². The van der Waals surface area contributed by atoms with Crippen LogP contribution in [0.1, 0.15) is 38.5 Å². The van der Waals surface area contributed by atoms with Crippen LogP contribution in [0.3, 0.4) is 0 Å². The van der Waals surface area contributed by atoms with Gasteiger partial charge >= 0.3 is 6.03 Å². The Morgan fingerprint density at radius 2 is 2.00 bits per heavy atom. The molecule has 2 N–H and O–H groups in total. The molecule has 0 radical (unpaired) electrons. The molecule has 2 unspecified atom stereocenters. The van der Waals surface area contributed by atoms with Crippen LogP contribution in [0.25, 0.3) is 0 Å². The van der Waals surface area contributed by atoms with E-state index in [0.29, 0.717) is 18.0 Å². The minimum Gasteiger partial charge on any atom is -0.381 e. The summed E-state index contributed by atoms with van der Waals surface area (Å²) >= 11 is 0. The van der Waals surface area contributed by atoms with E-state index in [2.05, 4.69) is 10.6 Å². The molecule has 108 valence electrons. The van der Waals surface area contributed by atoms with E-state index in [1.54, 1.807) is 0 Å². The summed E-state index contributed by atoms with van der Waals surface area (Å²) in [4.78, 5) is 11.9. The first-order chi connectivity index (χ1) is 9.28. The molecule has 1 aliphatic carbocycles. The van der Waals surface area contributed by atoms with Crippen LogP contribution in [0.2, 0.25) is 0 Å². The molecule has 0 aromatic carbocycles. The van der Waals surface area contributed by atoms with Crippen LogP contribution in [0, 0.1) is 5.41 Å². The van der Waals surface area contributed by atoms with E-state index in [9.17, 15) is 4.79 Å². The molecular formula is C14H24N2O3. The first kappa shape index (κ1) is 13.2. The molecule has 2 amide bonds. The van der Waals surface area contributed by atoms with E-state index in [4.69, 9.17) is 9.47 Å². The van der Waals surface area contributed by atoms with Crippen molar-refractivity contribution >= 4 is 6.03 Å². The third kappa shape index (κ3) is 2.87. The van der Waals surface area contributed by atoms with Crippen LogP contribution in [0.5, 0.6) is 0 Å². The Morgan fingerprint density at radius 3 is 2.63 bits per heavy atom. The van der Waals surface area contributed by atoms with Crippen molar-refractivity contribution in [2.24, 2.45) is 5.41 Å². The zero-order chi connectivity index (χ0) is 13.1. The fraction of sp³-hybridized carbons (Fsp3) is 0.929. The van der Waals surface area contributed by atoms with E-state index in [1.165, 1.54) is 6.42 Å². The summed E-state index contributed by atoms with van der Waals surface area (Å²) in [6, 6.07) is 0.298. The van der Waals surface area contributed by atoms with Crippen molar-refractivity contribution in [2.75, 3.05) is 26.4 Å². The number of hydrogen-bond donors (Lipinski definition) is 2. The van der Waals surface area contributed by atoms with E-state index >= 15 is 0 Å². The van der Waals surface area contributed by atoms with Crippen molar-refractivity contribution < 1.29 is 14.3 Å². The van der Waals surface area contributed by atoms with Crippen molar-refractivity contribution in [3.05, 3.63) is 0 Å². The van der Waals surface area contributed by atoms with Crippen LogP contribution in [-0.2, 0) is 9.47 Å². The fourth-order valence-corrected chi connectivity index (χ4v) is 3.52. The predicted octanol–water partition coefficient (Wildman–Crippen LogP) is 1.42. The SMILES string of the molecule is O=C(NCC1CCCO1)NC1CCC12CCOCC2. The second-order valence-electron chi connectivity index (χ2n) is 6.06. The molecule has 19 heavy (non-hydrogen) atoms. The second-order valence-corrected chi connectivity index (χ2v) is 6.06. The maximum absolute atomic E-state index is 11.9. The largest absolute Gasteiger partial charge is 0.381 e. The molecule has 2 atom stereocenters. The third-order valence-electron chi connectivity index (χ3n) is 4.98. The quantitative estimate of drug-likeness (QED) is 0.814. The van der Waals surface area contributed by atoms with Crippen molar-refractivity contribution in [1.82, 2.24) is 10.6 Å². The highest BCUT2D eigenvalue weighted by atomic mass is 16.5. The van der Waals surface area contributed by atoms with Gasteiger partial charge in [-0.05, 0) is 43.9 Å². The number of ether oxygens (including phenoxy) is 2. The average molecular weight is 268 g/mol. The lowest BCUT2D eigenvalue weighted by molar-refractivity contribution is -0.0512.